The van der Waals surface area contributed by atoms with E-state index in [4.69, 9.17) is 0 Å². The minimum atomic E-state index is -0.0606. The van der Waals surface area contributed by atoms with Crippen LogP contribution in [0.4, 0.5) is 0 Å². The Balaban J connectivity index is 1.52. The molecule has 0 atom stereocenters. The minimum Gasteiger partial charge on any atom is -0.294 e. The van der Waals surface area contributed by atoms with Crippen molar-refractivity contribution in [1.29, 1.82) is 0 Å². The number of hydrogen-bond donors (Lipinski definition) is 0. The maximum atomic E-state index is 12.7. The topological polar surface area (TPSA) is 60.7 Å². The van der Waals surface area contributed by atoms with Gasteiger partial charge in [0.2, 0.25) is 0 Å². The summed E-state index contributed by atoms with van der Waals surface area (Å²) in [6.07, 6.45) is 8.48. The molecule has 28 heavy (non-hydrogen) atoms. The summed E-state index contributed by atoms with van der Waals surface area (Å²) in [6.45, 7) is 0.465. The lowest BCUT2D eigenvalue weighted by Crippen LogP contribution is -2.21. The van der Waals surface area contributed by atoms with E-state index in [-0.39, 0.29) is 5.56 Å². The van der Waals surface area contributed by atoms with Crippen LogP contribution >= 0.6 is 0 Å². The molecule has 2 aromatic carbocycles. The Kier molecular flexibility index (Phi) is 3.91. The maximum Gasteiger partial charge on any atom is 0.261 e. The number of hydrogen-bond acceptors (Lipinski definition) is 4. The van der Waals surface area contributed by atoms with Crippen LogP contribution in [0.3, 0.4) is 0 Å². The fourth-order valence-electron chi connectivity index (χ4n) is 3.43. The molecule has 0 N–H and O–H groups in total. The normalized spacial score (nSPS) is 11.1. The van der Waals surface area contributed by atoms with E-state index >= 15 is 0 Å². The molecule has 0 unspecified atom stereocenters. The van der Waals surface area contributed by atoms with Gasteiger partial charge in [-0.2, -0.15) is 0 Å². The maximum absolute atomic E-state index is 12.7. The second-order valence-electron chi connectivity index (χ2n) is 6.71. The molecule has 0 bridgehead atoms. The Labute approximate surface area is 161 Å². The molecule has 134 valence electrons. The Bertz CT molecular complexity index is 1370. The van der Waals surface area contributed by atoms with E-state index < -0.39 is 0 Å². The van der Waals surface area contributed by atoms with Gasteiger partial charge in [0.1, 0.15) is 0 Å². The van der Waals surface area contributed by atoms with Crippen molar-refractivity contribution in [3.8, 4) is 11.1 Å². The van der Waals surface area contributed by atoms with Gasteiger partial charge < -0.3 is 0 Å². The Morgan fingerprint density at radius 3 is 2.64 bits per heavy atom. The second kappa shape index (κ2) is 6.70. The Hall–Kier alpha value is -3.86. The lowest BCUT2D eigenvalue weighted by atomic mass is 10.0. The Morgan fingerprint density at radius 1 is 0.821 bits per heavy atom. The number of rotatable bonds is 3. The first-order valence-corrected chi connectivity index (χ1v) is 9.00. The molecule has 0 fully saturated rings. The highest BCUT2D eigenvalue weighted by atomic mass is 16.1. The van der Waals surface area contributed by atoms with Gasteiger partial charge in [-0.3, -0.25) is 19.3 Å². The highest BCUT2D eigenvalue weighted by molar-refractivity contribution is 5.86. The number of aromatic nitrogens is 4. The van der Waals surface area contributed by atoms with E-state index in [9.17, 15) is 4.79 Å². The summed E-state index contributed by atoms with van der Waals surface area (Å²) in [5.41, 5.74) is 3.82. The third-order valence-corrected chi connectivity index (χ3v) is 4.88. The van der Waals surface area contributed by atoms with Crippen LogP contribution in [0.1, 0.15) is 5.56 Å². The van der Waals surface area contributed by atoms with E-state index in [1.54, 1.807) is 35.6 Å². The van der Waals surface area contributed by atoms with Crippen molar-refractivity contribution in [3.63, 3.8) is 0 Å². The molecule has 5 aromatic rings. The molecule has 0 spiro atoms. The first-order chi connectivity index (χ1) is 13.8. The van der Waals surface area contributed by atoms with Gasteiger partial charge in [0.15, 0.2) is 0 Å². The highest BCUT2D eigenvalue weighted by Gasteiger charge is 2.06. The van der Waals surface area contributed by atoms with Gasteiger partial charge in [-0.25, -0.2) is 4.98 Å². The van der Waals surface area contributed by atoms with Gasteiger partial charge >= 0.3 is 0 Å². The quantitative estimate of drug-likeness (QED) is 0.484. The van der Waals surface area contributed by atoms with E-state index in [1.165, 1.54) is 0 Å². The van der Waals surface area contributed by atoms with Crippen molar-refractivity contribution >= 4 is 21.7 Å². The molecule has 0 amide bonds. The van der Waals surface area contributed by atoms with Crippen molar-refractivity contribution in [2.45, 2.75) is 6.54 Å². The number of nitrogens with zero attached hydrogens (tertiary/aromatic N) is 4. The summed E-state index contributed by atoms with van der Waals surface area (Å²) in [6, 6.07) is 18.3. The van der Waals surface area contributed by atoms with Crippen LogP contribution in [0.15, 0.2) is 90.5 Å². The zero-order valence-corrected chi connectivity index (χ0v) is 15.0. The molecule has 0 saturated carbocycles. The third-order valence-electron chi connectivity index (χ3n) is 4.88. The fraction of sp³-hybridized carbons (Fsp3) is 0.0435. The number of pyridine rings is 2. The van der Waals surface area contributed by atoms with Gasteiger partial charge in [0.25, 0.3) is 5.56 Å². The monoisotopic (exact) mass is 364 g/mol. The van der Waals surface area contributed by atoms with E-state index in [0.29, 0.717) is 17.4 Å². The Morgan fingerprint density at radius 2 is 1.68 bits per heavy atom. The summed E-state index contributed by atoms with van der Waals surface area (Å²) < 4.78 is 1.63. The fourth-order valence-corrected chi connectivity index (χ4v) is 3.43. The lowest BCUT2D eigenvalue weighted by Gasteiger charge is -2.09. The zero-order chi connectivity index (χ0) is 18.9. The van der Waals surface area contributed by atoms with Crippen LogP contribution in [0.5, 0.6) is 0 Å². The summed E-state index contributed by atoms with van der Waals surface area (Å²) in [7, 11) is 0. The molecule has 0 aliphatic carbocycles. The summed E-state index contributed by atoms with van der Waals surface area (Å²) in [4.78, 5) is 25.3. The highest BCUT2D eigenvalue weighted by Crippen LogP contribution is 2.25. The largest absolute Gasteiger partial charge is 0.294 e. The molecule has 0 aliphatic rings. The van der Waals surface area contributed by atoms with Gasteiger partial charge in [-0.1, -0.05) is 30.3 Å². The van der Waals surface area contributed by atoms with Crippen LogP contribution in [0, 0.1) is 0 Å². The van der Waals surface area contributed by atoms with Gasteiger partial charge in [-0.15, -0.1) is 0 Å². The molecular weight excluding hydrogens is 348 g/mol. The van der Waals surface area contributed by atoms with Crippen molar-refractivity contribution in [2.75, 3.05) is 0 Å². The average molecular weight is 364 g/mol. The van der Waals surface area contributed by atoms with Crippen molar-refractivity contribution in [2.24, 2.45) is 0 Å². The molecule has 3 heterocycles. The van der Waals surface area contributed by atoms with Crippen molar-refractivity contribution in [3.05, 3.63) is 102 Å². The van der Waals surface area contributed by atoms with Crippen LogP contribution in [-0.2, 0) is 6.54 Å². The molecular formula is C23H16N4O. The zero-order valence-electron chi connectivity index (χ0n) is 15.0. The summed E-state index contributed by atoms with van der Waals surface area (Å²) in [5, 5.41) is 2.85. The number of fused-ring (bicyclic) bond motifs is 2. The van der Waals surface area contributed by atoms with Gasteiger partial charge in [0, 0.05) is 24.0 Å². The van der Waals surface area contributed by atoms with E-state index in [0.717, 1.165) is 27.5 Å². The summed E-state index contributed by atoms with van der Waals surface area (Å²) >= 11 is 0. The SMILES string of the molecule is O=c1c2ccncc2ncn1Cc1cccc(-c2ccc3ccncc3c2)c1. The number of benzene rings is 2. The predicted octanol–water partition coefficient (Wildman–Crippen LogP) is 4.06. The average Bonchev–Trinajstić information content (AvgIpc) is 2.76. The predicted molar refractivity (Wildman–Crippen MR) is 110 cm³/mol. The molecule has 0 saturated heterocycles. The summed E-state index contributed by atoms with van der Waals surface area (Å²) in [5.74, 6) is 0. The lowest BCUT2D eigenvalue weighted by molar-refractivity contribution is 0.748. The van der Waals surface area contributed by atoms with Crippen molar-refractivity contribution < 1.29 is 0 Å². The molecule has 5 rings (SSSR count). The first-order valence-electron chi connectivity index (χ1n) is 9.00. The minimum absolute atomic E-state index is 0.0606. The standard InChI is InChI=1S/C23H16N4O/c28-23-21-7-9-25-13-22(21)26-15-27(23)14-16-2-1-3-18(10-16)19-5-4-17-6-8-24-12-20(17)11-19/h1-13,15H,14H2. The molecule has 5 heteroatoms. The molecule has 5 nitrogen and oxygen atoms in total. The molecule has 0 radical (unpaired) electrons. The van der Waals surface area contributed by atoms with Gasteiger partial charge in [-0.05, 0) is 46.3 Å². The van der Waals surface area contributed by atoms with Crippen LogP contribution in [-0.4, -0.2) is 19.5 Å². The molecule has 3 aromatic heterocycles. The van der Waals surface area contributed by atoms with Crippen molar-refractivity contribution in [1.82, 2.24) is 19.5 Å². The van der Waals surface area contributed by atoms with Crippen LogP contribution in [0.2, 0.25) is 0 Å². The van der Waals surface area contributed by atoms with E-state index in [1.807, 2.05) is 24.4 Å². The van der Waals surface area contributed by atoms with Crippen LogP contribution < -0.4 is 5.56 Å². The smallest absolute Gasteiger partial charge is 0.261 e. The van der Waals surface area contributed by atoms with Crippen LogP contribution in [0.25, 0.3) is 32.8 Å². The first kappa shape index (κ1) is 16.3. The van der Waals surface area contributed by atoms with E-state index in [2.05, 4.69) is 45.3 Å². The van der Waals surface area contributed by atoms with Gasteiger partial charge in [0.05, 0.1) is 30.0 Å². The molecule has 0 aliphatic heterocycles. The second-order valence-corrected chi connectivity index (χ2v) is 6.71. The third kappa shape index (κ3) is 2.93.